The summed E-state index contributed by atoms with van der Waals surface area (Å²) in [5, 5.41) is 10.9. The first-order chi connectivity index (χ1) is 8.71. The number of hydrogen-bond acceptors (Lipinski definition) is 4. The fourth-order valence-corrected chi connectivity index (χ4v) is 2.07. The zero-order valence-corrected chi connectivity index (χ0v) is 11.6. The Bertz CT molecular complexity index is 483. The van der Waals surface area contributed by atoms with Crippen molar-refractivity contribution in [1.29, 1.82) is 0 Å². The largest absolute Gasteiger partial charge is 0.492 e. The molecule has 0 saturated carbocycles. The molecule has 0 radical (unpaired) electrons. The number of hydrogen-bond donors (Lipinski definition) is 1. The Labute approximate surface area is 120 Å². The molecule has 8 heteroatoms. The molecular weight excluding hydrogens is 378 g/mol. The van der Waals surface area contributed by atoms with Crippen molar-refractivity contribution < 1.29 is 27.9 Å². The van der Waals surface area contributed by atoms with E-state index in [-0.39, 0.29) is 13.1 Å². The molecule has 0 bridgehead atoms. The predicted octanol–water partition coefficient (Wildman–Crippen LogP) is 1.81. The lowest BCUT2D eigenvalue weighted by Crippen LogP contribution is -2.60. The minimum atomic E-state index is -5.03. The summed E-state index contributed by atoms with van der Waals surface area (Å²) in [5.74, 6) is -2.28. The second-order valence-electron chi connectivity index (χ2n) is 4.21. The van der Waals surface area contributed by atoms with Crippen molar-refractivity contribution in [1.82, 2.24) is 5.06 Å². The highest BCUT2D eigenvalue weighted by Crippen LogP contribution is 2.33. The summed E-state index contributed by atoms with van der Waals surface area (Å²) in [4.78, 5) is 14.7. The van der Waals surface area contributed by atoms with E-state index in [1.54, 1.807) is 24.3 Å². The first-order valence-corrected chi connectivity index (χ1v) is 6.31. The van der Waals surface area contributed by atoms with Crippen LogP contribution in [0.4, 0.5) is 13.2 Å². The van der Waals surface area contributed by atoms with Gasteiger partial charge in [-0.3, -0.25) is 0 Å². The van der Waals surface area contributed by atoms with Crippen molar-refractivity contribution in [3.8, 4) is 0 Å². The van der Waals surface area contributed by atoms with Crippen LogP contribution in [0.1, 0.15) is 5.56 Å². The van der Waals surface area contributed by atoms with Crippen LogP contribution in [0.15, 0.2) is 24.3 Å². The molecule has 2 rings (SSSR count). The molecule has 0 amide bonds. The van der Waals surface area contributed by atoms with Crippen molar-refractivity contribution in [3.05, 3.63) is 33.4 Å². The van der Waals surface area contributed by atoms with Crippen LogP contribution in [0, 0.1) is 3.57 Å². The number of nitrogens with zero attached hydrogens (tertiary/aromatic N) is 1. The fourth-order valence-electron chi connectivity index (χ4n) is 1.71. The van der Waals surface area contributed by atoms with E-state index in [4.69, 9.17) is 0 Å². The summed E-state index contributed by atoms with van der Waals surface area (Å²) in [6, 6.07) is 6.92. The highest BCUT2D eigenvalue weighted by molar-refractivity contribution is 14.1. The molecule has 1 heterocycles. The second kappa shape index (κ2) is 4.91. The van der Waals surface area contributed by atoms with Gasteiger partial charge >= 0.3 is 12.1 Å². The van der Waals surface area contributed by atoms with Gasteiger partial charge in [-0.15, -0.1) is 5.06 Å². The van der Waals surface area contributed by atoms with E-state index in [2.05, 4.69) is 27.4 Å². The minimum Gasteiger partial charge on any atom is -0.382 e. The molecule has 0 unspecified atom stereocenters. The fraction of sp³-hybridized carbons (Fsp3) is 0.364. The van der Waals surface area contributed by atoms with Crippen molar-refractivity contribution in [3.63, 3.8) is 0 Å². The summed E-state index contributed by atoms with van der Waals surface area (Å²) in [5.41, 5.74) is -0.705. The maximum atomic E-state index is 12.0. The van der Waals surface area contributed by atoms with Crippen LogP contribution in [0.5, 0.6) is 0 Å². The lowest BCUT2D eigenvalue weighted by Gasteiger charge is -2.44. The van der Waals surface area contributed by atoms with Crippen LogP contribution in [-0.2, 0) is 15.2 Å². The van der Waals surface area contributed by atoms with Gasteiger partial charge in [-0.1, -0.05) is 12.1 Å². The third-order valence-corrected chi connectivity index (χ3v) is 3.42. The van der Waals surface area contributed by atoms with Gasteiger partial charge < -0.3 is 9.94 Å². The van der Waals surface area contributed by atoms with Gasteiger partial charge in [-0.25, -0.2) is 4.79 Å². The van der Waals surface area contributed by atoms with E-state index in [0.29, 0.717) is 5.56 Å². The molecule has 104 valence electrons. The number of β-amino-alcohol motifs (C(OH)–C–C–N with tert-alkyl or cyclic N) is 1. The summed E-state index contributed by atoms with van der Waals surface area (Å²) in [7, 11) is 0. The minimum absolute atomic E-state index is 0.185. The SMILES string of the molecule is O=C(ON1CC(O)(c2ccc(I)cc2)C1)C(F)(F)F. The van der Waals surface area contributed by atoms with Gasteiger partial charge in [0.2, 0.25) is 0 Å². The summed E-state index contributed by atoms with van der Waals surface area (Å²) in [6.45, 7) is -0.370. The third-order valence-electron chi connectivity index (χ3n) is 2.70. The highest BCUT2D eigenvalue weighted by atomic mass is 127. The average molecular weight is 387 g/mol. The van der Waals surface area contributed by atoms with Gasteiger partial charge in [0, 0.05) is 3.57 Å². The van der Waals surface area contributed by atoms with E-state index in [1.165, 1.54) is 0 Å². The predicted molar refractivity (Wildman–Crippen MR) is 66.8 cm³/mol. The molecule has 1 fully saturated rings. The molecule has 1 aromatic carbocycles. The zero-order chi connectivity index (χ0) is 14.3. The molecule has 19 heavy (non-hydrogen) atoms. The molecule has 0 aliphatic carbocycles. The maximum Gasteiger partial charge on any atom is 0.492 e. The van der Waals surface area contributed by atoms with E-state index in [9.17, 15) is 23.1 Å². The van der Waals surface area contributed by atoms with E-state index < -0.39 is 17.7 Å². The topological polar surface area (TPSA) is 49.8 Å². The third kappa shape index (κ3) is 3.18. The van der Waals surface area contributed by atoms with Crippen LogP contribution in [0.2, 0.25) is 0 Å². The van der Waals surface area contributed by atoms with Gasteiger partial charge in [-0.05, 0) is 40.3 Å². The molecule has 1 aliphatic rings. The van der Waals surface area contributed by atoms with Gasteiger partial charge in [0.15, 0.2) is 0 Å². The molecule has 0 aromatic heterocycles. The second-order valence-corrected chi connectivity index (χ2v) is 5.46. The number of rotatable bonds is 2. The quantitative estimate of drug-likeness (QED) is 0.787. The number of benzene rings is 1. The van der Waals surface area contributed by atoms with Crippen LogP contribution < -0.4 is 0 Å². The summed E-state index contributed by atoms with van der Waals surface area (Å²) in [6.07, 6.45) is -5.03. The Morgan fingerprint density at radius 2 is 1.84 bits per heavy atom. The van der Waals surface area contributed by atoms with Crippen molar-refractivity contribution in [2.75, 3.05) is 13.1 Å². The number of alkyl halides is 3. The van der Waals surface area contributed by atoms with Gasteiger partial charge in [0.1, 0.15) is 5.60 Å². The Morgan fingerprint density at radius 1 is 1.32 bits per heavy atom. The normalized spacial score (nSPS) is 18.8. The monoisotopic (exact) mass is 387 g/mol. The number of aliphatic hydroxyl groups is 1. The lowest BCUT2D eigenvalue weighted by molar-refractivity contribution is -0.287. The molecular formula is C11H9F3INO3. The number of carbonyl (C=O) groups excluding carboxylic acids is 1. The Balaban J connectivity index is 1.95. The molecule has 1 saturated heterocycles. The summed E-state index contributed by atoms with van der Waals surface area (Å²) >= 11 is 2.10. The van der Waals surface area contributed by atoms with Crippen LogP contribution in [-0.4, -0.2) is 35.4 Å². The van der Waals surface area contributed by atoms with Gasteiger partial charge in [-0.2, -0.15) is 13.2 Å². The standard InChI is InChI=1S/C11H9F3INO3/c12-11(13,14)9(17)19-16-5-10(18,6-16)7-1-3-8(15)4-2-7/h1-4,18H,5-6H2. The van der Waals surface area contributed by atoms with Crippen molar-refractivity contribution in [2.24, 2.45) is 0 Å². The Hall–Kier alpha value is -0.870. The summed E-state index contributed by atoms with van der Waals surface area (Å²) < 4.78 is 36.9. The van der Waals surface area contributed by atoms with Crippen LogP contribution >= 0.6 is 22.6 Å². The molecule has 1 N–H and O–H groups in total. The first kappa shape index (κ1) is 14.5. The number of hydroxylamine groups is 2. The first-order valence-electron chi connectivity index (χ1n) is 5.23. The zero-order valence-electron chi connectivity index (χ0n) is 9.45. The van der Waals surface area contributed by atoms with Crippen LogP contribution in [0.3, 0.4) is 0 Å². The lowest BCUT2D eigenvalue weighted by atomic mass is 9.88. The Kier molecular flexibility index (Phi) is 3.76. The van der Waals surface area contributed by atoms with E-state index in [0.717, 1.165) is 8.63 Å². The van der Waals surface area contributed by atoms with Crippen LogP contribution in [0.25, 0.3) is 0 Å². The van der Waals surface area contributed by atoms with Gasteiger partial charge in [0.05, 0.1) is 13.1 Å². The average Bonchev–Trinajstić information content (AvgIpc) is 2.26. The highest BCUT2D eigenvalue weighted by Gasteiger charge is 2.49. The molecule has 1 aliphatic heterocycles. The molecule has 0 spiro atoms. The molecule has 0 atom stereocenters. The van der Waals surface area contributed by atoms with Crippen molar-refractivity contribution >= 4 is 28.6 Å². The molecule has 1 aromatic rings. The van der Waals surface area contributed by atoms with Gasteiger partial charge in [0.25, 0.3) is 0 Å². The van der Waals surface area contributed by atoms with E-state index in [1.807, 2.05) is 0 Å². The number of carbonyl (C=O) groups is 1. The molecule has 4 nitrogen and oxygen atoms in total. The van der Waals surface area contributed by atoms with Crippen molar-refractivity contribution in [2.45, 2.75) is 11.8 Å². The Morgan fingerprint density at radius 3 is 2.32 bits per heavy atom. The smallest absolute Gasteiger partial charge is 0.382 e. The number of halogens is 4. The maximum absolute atomic E-state index is 12.0. The van der Waals surface area contributed by atoms with E-state index >= 15 is 0 Å².